The monoisotopic (exact) mass is 703 g/mol. The highest BCUT2D eigenvalue weighted by Crippen LogP contribution is 2.64. The molecule has 13 heteroatoms. The lowest BCUT2D eigenvalue weighted by Gasteiger charge is -2.52. The maximum atomic E-state index is 13.7. The molecule has 0 bridgehead atoms. The van der Waals surface area contributed by atoms with Crippen LogP contribution < -0.4 is 0 Å². The topological polar surface area (TPSA) is 43.7 Å². The number of aliphatic hydroxyl groups is 1. The molecule has 2 N–H and O–H groups in total. The van der Waals surface area contributed by atoms with Crippen LogP contribution in [0.5, 0.6) is 5.75 Å². The zero-order chi connectivity index (χ0) is 35.0. The number of alkyl halides is 9. The summed E-state index contributed by atoms with van der Waals surface area (Å²) < 4.78 is 117. The second-order valence-corrected chi connectivity index (χ2v) is 15.3. The van der Waals surface area contributed by atoms with Gasteiger partial charge in [-0.1, -0.05) is 32.4 Å². The fraction of sp³-hybridized carbons (Fsp3) is 0.765. The number of benzene rings is 1. The molecule has 3 nitrogen and oxygen atoms in total. The summed E-state index contributed by atoms with van der Waals surface area (Å²) in [5.41, 5.74) is 3.43. The van der Waals surface area contributed by atoms with Crippen molar-refractivity contribution < 1.29 is 49.7 Å². The van der Waals surface area contributed by atoms with Gasteiger partial charge in [0.25, 0.3) is 0 Å². The van der Waals surface area contributed by atoms with Crippen LogP contribution in [0.4, 0.5) is 39.5 Å². The zero-order valence-electron chi connectivity index (χ0n) is 26.9. The van der Waals surface area contributed by atoms with Crippen molar-refractivity contribution in [3.63, 3.8) is 0 Å². The van der Waals surface area contributed by atoms with Crippen LogP contribution in [-0.4, -0.2) is 76.8 Å². The van der Waals surface area contributed by atoms with Crippen LogP contribution in [0.2, 0.25) is 0 Å². The van der Waals surface area contributed by atoms with Gasteiger partial charge in [0.15, 0.2) is 0 Å². The van der Waals surface area contributed by atoms with Gasteiger partial charge in [-0.15, -0.1) is 0 Å². The number of hydrogen-bond donors (Lipinski definition) is 2. The summed E-state index contributed by atoms with van der Waals surface area (Å²) in [4.78, 5) is 2.06. The zero-order valence-corrected chi connectivity index (χ0v) is 27.7. The first kappa shape index (κ1) is 38.2. The highest BCUT2D eigenvalue weighted by atomic mass is 32.2. The molecule has 3 unspecified atom stereocenters. The van der Waals surface area contributed by atoms with E-state index in [2.05, 4.69) is 24.5 Å². The summed E-state index contributed by atoms with van der Waals surface area (Å²) in [5.74, 6) is -17.4. The van der Waals surface area contributed by atoms with E-state index < -0.39 is 42.2 Å². The normalized spacial score (nSPS) is 28.4. The molecule has 3 aliphatic carbocycles. The van der Waals surface area contributed by atoms with Crippen molar-refractivity contribution in [1.29, 1.82) is 0 Å². The molecule has 0 aromatic heterocycles. The van der Waals surface area contributed by atoms with Gasteiger partial charge in [0, 0.05) is 6.42 Å². The summed E-state index contributed by atoms with van der Waals surface area (Å²) in [6, 6.07) is 5.74. The molecular weight excluding hydrogens is 657 g/mol. The molecular formula is C34H46F9NO2S. The van der Waals surface area contributed by atoms with Crippen LogP contribution in [0.15, 0.2) is 30.4 Å². The van der Waals surface area contributed by atoms with E-state index in [0.717, 1.165) is 75.2 Å². The molecule has 3 aliphatic rings. The van der Waals surface area contributed by atoms with Gasteiger partial charge in [0.05, 0.1) is 6.10 Å². The Morgan fingerprint density at radius 3 is 2.32 bits per heavy atom. The maximum Gasteiger partial charge on any atom is 0.460 e. The van der Waals surface area contributed by atoms with Crippen molar-refractivity contribution >= 4 is 11.8 Å². The quantitative estimate of drug-likeness (QED) is 0.109. The summed E-state index contributed by atoms with van der Waals surface area (Å²) in [6.07, 6.45) is -0.917. The third-order valence-corrected chi connectivity index (χ3v) is 12.2. The first-order chi connectivity index (χ1) is 21.7. The van der Waals surface area contributed by atoms with E-state index in [1.165, 1.54) is 11.1 Å². The number of phenols is 1. The van der Waals surface area contributed by atoms with Crippen molar-refractivity contribution in [2.45, 2.75) is 107 Å². The first-order valence-corrected chi connectivity index (χ1v) is 17.6. The highest BCUT2D eigenvalue weighted by Gasteiger charge is 2.81. The molecule has 0 amide bonds. The number of rotatable bonds is 15. The fourth-order valence-electron chi connectivity index (χ4n) is 8.36. The number of phenolic OH excluding ortho intramolecular Hbond substituents is 1. The second-order valence-electron chi connectivity index (χ2n) is 14.1. The number of unbranched alkanes of at least 4 members (excludes halogenated alkanes) is 2. The molecule has 2 fully saturated rings. The van der Waals surface area contributed by atoms with Gasteiger partial charge in [-0.25, -0.2) is 0 Å². The van der Waals surface area contributed by atoms with E-state index in [4.69, 9.17) is 0 Å². The predicted octanol–water partition coefficient (Wildman–Crippen LogP) is 9.48. The molecule has 0 heterocycles. The van der Waals surface area contributed by atoms with Crippen LogP contribution in [0, 0.1) is 23.2 Å². The Balaban J connectivity index is 1.18. The molecule has 0 aliphatic heterocycles. The standard InChI is InChI=1S/C34H46F9NO2S/c1-21-28(46)20-27-29-22(18-23-19-24(45)9-10-25(23)26(29)11-12-30(21,27)2)8-5-4-6-14-44(3)15-7-16-47-17-13-31(35,36)32(37,38)33(39,40)34(41,42)43/h9-10,19,22,26-29,45-46H,1,4-8,11-18,20H2,2-3H3/t22-,26?,27?,28-,29?,30-/m1/s1. The molecule has 0 saturated heterocycles. The molecule has 1 aromatic carbocycles. The van der Waals surface area contributed by atoms with Gasteiger partial charge < -0.3 is 15.1 Å². The molecule has 4 rings (SSSR count). The molecule has 0 radical (unpaired) electrons. The van der Waals surface area contributed by atoms with E-state index in [1.54, 1.807) is 6.07 Å². The van der Waals surface area contributed by atoms with Crippen molar-refractivity contribution in [3.8, 4) is 5.75 Å². The van der Waals surface area contributed by atoms with Gasteiger partial charge in [0.1, 0.15) is 5.75 Å². The van der Waals surface area contributed by atoms with E-state index in [1.807, 2.05) is 13.1 Å². The Hall–Kier alpha value is -1.60. The van der Waals surface area contributed by atoms with Crippen LogP contribution in [0.25, 0.3) is 0 Å². The van der Waals surface area contributed by atoms with Crippen LogP contribution in [0.1, 0.15) is 81.8 Å². The minimum absolute atomic E-state index is 0.0675. The summed E-state index contributed by atoms with van der Waals surface area (Å²) in [6.45, 7) is 7.91. The number of halogens is 9. The van der Waals surface area contributed by atoms with Crippen molar-refractivity contribution in [3.05, 3.63) is 41.5 Å². The van der Waals surface area contributed by atoms with Gasteiger partial charge >= 0.3 is 23.9 Å². The van der Waals surface area contributed by atoms with E-state index in [-0.39, 0.29) is 16.9 Å². The lowest BCUT2D eigenvalue weighted by molar-refractivity contribution is -0.396. The Morgan fingerprint density at radius 2 is 1.64 bits per heavy atom. The Kier molecular flexibility index (Phi) is 11.6. The summed E-state index contributed by atoms with van der Waals surface area (Å²) in [7, 11) is 1.90. The predicted molar refractivity (Wildman–Crippen MR) is 166 cm³/mol. The number of fused-ring (bicyclic) bond motifs is 5. The number of nitrogens with zero attached hydrogens (tertiary/aromatic N) is 1. The van der Waals surface area contributed by atoms with Crippen molar-refractivity contribution in [2.75, 3.05) is 31.6 Å². The maximum absolute atomic E-state index is 13.7. The van der Waals surface area contributed by atoms with Gasteiger partial charge in [-0.3, -0.25) is 0 Å². The third kappa shape index (κ3) is 7.61. The Bertz CT molecular complexity index is 1240. The largest absolute Gasteiger partial charge is 0.508 e. The minimum Gasteiger partial charge on any atom is -0.508 e. The second kappa shape index (κ2) is 14.3. The molecule has 0 spiro atoms. The molecule has 2 saturated carbocycles. The smallest absolute Gasteiger partial charge is 0.460 e. The highest BCUT2D eigenvalue weighted by molar-refractivity contribution is 7.99. The van der Waals surface area contributed by atoms with Crippen molar-refractivity contribution in [2.24, 2.45) is 23.2 Å². The average molecular weight is 704 g/mol. The number of aromatic hydroxyl groups is 1. The summed E-state index contributed by atoms with van der Waals surface area (Å²) >= 11 is 0.813. The molecule has 1 aromatic rings. The Labute approximate surface area is 275 Å². The number of thioether (sulfide) groups is 1. The van der Waals surface area contributed by atoms with Gasteiger partial charge in [-0.2, -0.15) is 51.3 Å². The molecule has 47 heavy (non-hydrogen) atoms. The fourth-order valence-corrected chi connectivity index (χ4v) is 9.30. The molecule has 268 valence electrons. The van der Waals surface area contributed by atoms with E-state index >= 15 is 0 Å². The van der Waals surface area contributed by atoms with Crippen LogP contribution >= 0.6 is 11.8 Å². The lowest BCUT2D eigenvalue weighted by atomic mass is 9.52. The Morgan fingerprint density at radius 1 is 0.957 bits per heavy atom. The van der Waals surface area contributed by atoms with Crippen LogP contribution in [-0.2, 0) is 6.42 Å². The van der Waals surface area contributed by atoms with E-state index in [9.17, 15) is 49.7 Å². The van der Waals surface area contributed by atoms with Gasteiger partial charge in [-0.05, 0) is 135 Å². The number of hydrogen-bond acceptors (Lipinski definition) is 4. The molecule has 6 atom stereocenters. The average Bonchev–Trinajstić information content (AvgIpc) is 3.21. The van der Waals surface area contributed by atoms with Gasteiger partial charge in [0.2, 0.25) is 0 Å². The third-order valence-electron chi connectivity index (χ3n) is 11.1. The number of aliphatic hydroxyl groups excluding tert-OH is 1. The summed E-state index contributed by atoms with van der Waals surface area (Å²) in [5, 5.41) is 20.9. The lowest BCUT2D eigenvalue weighted by Crippen LogP contribution is -2.60. The SMILES string of the molecule is C=C1[C@H](O)CC2C3C(CC[C@]12C)c1ccc(O)cc1C[C@H]3CCCCCN(C)CCCSCCC(F)(F)C(F)(F)C(F)(F)C(F)(F)F. The first-order valence-electron chi connectivity index (χ1n) is 16.4. The van der Waals surface area contributed by atoms with Crippen molar-refractivity contribution in [1.82, 2.24) is 4.90 Å². The van der Waals surface area contributed by atoms with Crippen LogP contribution in [0.3, 0.4) is 0 Å². The minimum atomic E-state index is -6.84. The van der Waals surface area contributed by atoms with E-state index in [0.29, 0.717) is 36.6 Å².